The maximum Gasteiger partial charge on any atom is 0.0899 e. The van der Waals surface area contributed by atoms with Gasteiger partial charge in [-0.3, -0.25) is 9.97 Å². The van der Waals surface area contributed by atoms with Crippen LogP contribution in [0.25, 0.3) is 82.8 Å². The highest BCUT2D eigenvalue weighted by Gasteiger charge is 2.14. The number of para-hydroxylation sites is 1. The van der Waals surface area contributed by atoms with E-state index < -0.39 is 0 Å². The van der Waals surface area contributed by atoms with Gasteiger partial charge in [-0.15, -0.1) is 0 Å². The summed E-state index contributed by atoms with van der Waals surface area (Å²) in [7, 11) is 0. The Kier molecular flexibility index (Phi) is 5.78. The Bertz CT molecular complexity index is 2490. The molecule has 0 saturated carbocycles. The van der Waals surface area contributed by atoms with Crippen molar-refractivity contribution in [3.8, 4) is 39.5 Å². The van der Waals surface area contributed by atoms with Crippen LogP contribution in [0.1, 0.15) is 0 Å². The Labute approximate surface area is 259 Å². The summed E-state index contributed by atoms with van der Waals surface area (Å²) in [5, 5.41) is 7.28. The fourth-order valence-corrected chi connectivity index (χ4v) is 6.58. The van der Waals surface area contributed by atoms with Crippen LogP contribution in [0.15, 0.2) is 158 Å². The molecule has 0 amide bonds. The van der Waals surface area contributed by atoms with Crippen molar-refractivity contribution in [3.63, 3.8) is 0 Å². The molecule has 0 atom stereocenters. The van der Waals surface area contributed by atoms with E-state index in [0.29, 0.717) is 0 Å². The summed E-state index contributed by atoms with van der Waals surface area (Å²) >= 11 is 0. The van der Waals surface area contributed by atoms with E-state index in [0.717, 1.165) is 55.9 Å². The minimum Gasteiger partial charge on any atom is -0.309 e. The first-order valence-electron chi connectivity index (χ1n) is 15.1. The van der Waals surface area contributed by atoms with Gasteiger partial charge in [-0.1, -0.05) is 84.9 Å². The van der Waals surface area contributed by atoms with E-state index in [1.54, 1.807) is 0 Å². The average molecular weight is 575 g/mol. The van der Waals surface area contributed by atoms with Crippen LogP contribution < -0.4 is 0 Å². The lowest BCUT2D eigenvalue weighted by Gasteiger charge is -2.13. The molecule has 9 aromatic rings. The predicted octanol–water partition coefficient (Wildman–Crippen LogP) is 10.3. The largest absolute Gasteiger partial charge is 0.309 e. The van der Waals surface area contributed by atoms with E-state index in [9.17, 15) is 0 Å². The summed E-state index contributed by atoms with van der Waals surface area (Å²) in [4.78, 5) is 14.2. The number of rotatable bonds is 4. The van der Waals surface area contributed by atoms with E-state index in [4.69, 9.17) is 4.98 Å². The standard InChI is InChI=1S/C41H26N4/c1-2-11-33-27(8-1)15-16-29-22-30(17-18-34(29)33)38-24-31(25-39(44-38)37-13-5-6-20-43-37)28-9-7-10-32(23-28)45-40-14-4-3-12-35(40)36-26-42-21-19-41(36)45/h1-26H. The van der Waals surface area contributed by atoms with Gasteiger partial charge < -0.3 is 4.57 Å². The lowest BCUT2D eigenvalue weighted by atomic mass is 9.97. The number of benzene rings is 5. The minimum absolute atomic E-state index is 0.843. The third-order valence-corrected chi connectivity index (χ3v) is 8.71. The van der Waals surface area contributed by atoms with Gasteiger partial charge in [0.1, 0.15) is 0 Å². The zero-order valence-electron chi connectivity index (χ0n) is 24.3. The monoisotopic (exact) mass is 574 g/mol. The van der Waals surface area contributed by atoms with Crippen LogP contribution in [-0.2, 0) is 0 Å². The number of aromatic nitrogens is 4. The molecule has 4 heterocycles. The lowest BCUT2D eigenvalue weighted by molar-refractivity contribution is 1.17. The van der Waals surface area contributed by atoms with Crippen LogP contribution >= 0.6 is 0 Å². The summed E-state index contributed by atoms with van der Waals surface area (Å²) < 4.78 is 2.32. The average Bonchev–Trinajstić information content (AvgIpc) is 3.46. The number of nitrogens with zero attached hydrogens (tertiary/aromatic N) is 4. The Morgan fingerprint density at radius 3 is 2.16 bits per heavy atom. The summed E-state index contributed by atoms with van der Waals surface area (Å²) in [6.45, 7) is 0. The molecule has 0 radical (unpaired) electrons. The van der Waals surface area contributed by atoms with E-state index in [1.165, 1.54) is 26.9 Å². The molecule has 9 rings (SSSR count). The Morgan fingerprint density at radius 2 is 1.22 bits per heavy atom. The van der Waals surface area contributed by atoms with Gasteiger partial charge in [0.15, 0.2) is 0 Å². The molecule has 0 saturated heterocycles. The third-order valence-electron chi connectivity index (χ3n) is 8.71. The van der Waals surface area contributed by atoms with Gasteiger partial charge in [-0.25, -0.2) is 4.98 Å². The van der Waals surface area contributed by atoms with Crippen molar-refractivity contribution in [1.29, 1.82) is 0 Å². The van der Waals surface area contributed by atoms with Crippen molar-refractivity contribution in [3.05, 3.63) is 158 Å². The first-order chi connectivity index (χ1) is 22.3. The van der Waals surface area contributed by atoms with Crippen LogP contribution in [0.4, 0.5) is 0 Å². The molecule has 0 aliphatic heterocycles. The molecule has 45 heavy (non-hydrogen) atoms. The van der Waals surface area contributed by atoms with Crippen LogP contribution in [0.5, 0.6) is 0 Å². The van der Waals surface area contributed by atoms with Gasteiger partial charge in [0.2, 0.25) is 0 Å². The zero-order valence-corrected chi connectivity index (χ0v) is 24.3. The van der Waals surface area contributed by atoms with Crippen LogP contribution in [0.3, 0.4) is 0 Å². The molecular weight excluding hydrogens is 548 g/mol. The SMILES string of the molecule is c1ccc(-c2cc(-c3cccc(-n4c5ccccc5c5cnccc54)c3)cc(-c3ccc4c(ccc5ccccc54)c3)n2)nc1. The van der Waals surface area contributed by atoms with Gasteiger partial charge in [0.05, 0.1) is 28.1 Å². The second-order valence-corrected chi connectivity index (χ2v) is 11.4. The van der Waals surface area contributed by atoms with Crippen LogP contribution in [0, 0.1) is 0 Å². The summed E-state index contributed by atoms with van der Waals surface area (Å²) in [5.74, 6) is 0. The van der Waals surface area contributed by atoms with Gasteiger partial charge in [0, 0.05) is 40.6 Å². The molecule has 0 N–H and O–H groups in total. The molecule has 5 aromatic carbocycles. The third kappa shape index (κ3) is 4.27. The van der Waals surface area contributed by atoms with Crippen molar-refractivity contribution in [1.82, 2.24) is 19.5 Å². The highest BCUT2D eigenvalue weighted by molar-refractivity contribution is 6.09. The van der Waals surface area contributed by atoms with E-state index in [2.05, 4.69) is 136 Å². The van der Waals surface area contributed by atoms with E-state index in [1.807, 2.05) is 36.8 Å². The zero-order chi connectivity index (χ0) is 29.7. The molecule has 0 aliphatic carbocycles. The molecule has 0 fully saturated rings. The number of pyridine rings is 3. The maximum atomic E-state index is 5.15. The Hall–Kier alpha value is -6.13. The highest BCUT2D eigenvalue weighted by atomic mass is 15.0. The smallest absolute Gasteiger partial charge is 0.0899 e. The molecule has 0 unspecified atom stereocenters. The maximum absolute atomic E-state index is 5.15. The van der Waals surface area contributed by atoms with Crippen molar-refractivity contribution < 1.29 is 0 Å². The quantitative estimate of drug-likeness (QED) is 0.196. The highest BCUT2D eigenvalue weighted by Crippen LogP contribution is 2.36. The number of hydrogen-bond donors (Lipinski definition) is 0. The summed E-state index contributed by atoms with van der Waals surface area (Å²) in [6.07, 6.45) is 5.64. The number of hydrogen-bond acceptors (Lipinski definition) is 3. The molecule has 210 valence electrons. The van der Waals surface area contributed by atoms with E-state index in [-0.39, 0.29) is 0 Å². The second kappa shape index (κ2) is 10.2. The van der Waals surface area contributed by atoms with Gasteiger partial charge in [-0.2, -0.15) is 0 Å². The fraction of sp³-hybridized carbons (Fsp3) is 0. The minimum atomic E-state index is 0.843. The van der Waals surface area contributed by atoms with Crippen LogP contribution in [-0.4, -0.2) is 19.5 Å². The normalized spacial score (nSPS) is 11.6. The number of fused-ring (bicyclic) bond motifs is 6. The topological polar surface area (TPSA) is 43.6 Å². The van der Waals surface area contributed by atoms with Gasteiger partial charge in [0.25, 0.3) is 0 Å². The molecular formula is C41H26N4. The molecule has 0 bridgehead atoms. The Morgan fingerprint density at radius 1 is 0.422 bits per heavy atom. The molecule has 4 aromatic heterocycles. The molecule has 4 nitrogen and oxygen atoms in total. The molecule has 0 spiro atoms. The fourth-order valence-electron chi connectivity index (χ4n) is 6.58. The van der Waals surface area contributed by atoms with Crippen molar-refractivity contribution in [2.75, 3.05) is 0 Å². The molecule has 4 heteroatoms. The first-order valence-corrected chi connectivity index (χ1v) is 15.1. The first kappa shape index (κ1) is 25.4. The summed E-state index contributed by atoms with van der Waals surface area (Å²) in [5.41, 5.74) is 9.26. The van der Waals surface area contributed by atoms with Gasteiger partial charge >= 0.3 is 0 Å². The van der Waals surface area contributed by atoms with Crippen molar-refractivity contribution in [2.45, 2.75) is 0 Å². The lowest BCUT2D eigenvalue weighted by Crippen LogP contribution is -1.96. The molecule has 0 aliphatic rings. The predicted molar refractivity (Wildman–Crippen MR) is 185 cm³/mol. The van der Waals surface area contributed by atoms with Crippen molar-refractivity contribution in [2.24, 2.45) is 0 Å². The Balaban J connectivity index is 1.23. The van der Waals surface area contributed by atoms with Crippen molar-refractivity contribution >= 4 is 43.4 Å². The second-order valence-electron chi connectivity index (χ2n) is 11.4. The summed E-state index contributed by atoms with van der Waals surface area (Å²) in [6, 6.07) is 49.3. The van der Waals surface area contributed by atoms with Crippen LogP contribution in [0.2, 0.25) is 0 Å². The van der Waals surface area contributed by atoms with Gasteiger partial charge in [-0.05, 0) is 87.3 Å². The van der Waals surface area contributed by atoms with E-state index >= 15 is 0 Å².